The molecule has 82 valence electrons. The van der Waals surface area contributed by atoms with Crippen LogP contribution in [0, 0.1) is 12.9 Å². The van der Waals surface area contributed by atoms with Crippen LogP contribution >= 0.6 is 23.2 Å². The zero-order valence-electron chi connectivity index (χ0n) is 8.47. The van der Waals surface area contributed by atoms with Crippen molar-refractivity contribution in [3.8, 4) is 11.1 Å². The lowest BCUT2D eigenvalue weighted by Gasteiger charge is -2.06. The lowest BCUT2D eigenvalue weighted by Crippen LogP contribution is -1.86. The van der Waals surface area contributed by atoms with Gasteiger partial charge < -0.3 is 0 Å². The third-order valence-corrected chi connectivity index (χ3v) is 3.13. The van der Waals surface area contributed by atoms with Gasteiger partial charge in [0.05, 0.1) is 0 Å². The van der Waals surface area contributed by atoms with Crippen molar-refractivity contribution in [1.29, 1.82) is 0 Å². The third-order valence-electron chi connectivity index (χ3n) is 2.34. The van der Waals surface area contributed by atoms with Gasteiger partial charge in [-0.25, -0.2) is 4.98 Å². The predicted molar refractivity (Wildman–Crippen MR) is 64.4 cm³/mol. The Kier molecular flexibility index (Phi) is 3.13. The summed E-state index contributed by atoms with van der Waals surface area (Å²) >= 11 is 12.0. The van der Waals surface area contributed by atoms with Crippen LogP contribution in [0.1, 0.15) is 5.56 Å². The molecule has 16 heavy (non-hydrogen) atoms. The van der Waals surface area contributed by atoms with E-state index in [0.29, 0.717) is 10.0 Å². The molecule has 1 nitrogen and oxygen atoms in total. The molecule has 0 aliphatic heterocycles. The van der Waals surface area contributed by atoms with Crippen molar-refractivity contribution in [2.75, 3.05) is 0 Å². The van der Waals surface area contributed by atoms with E-state index in [-0.39, 0.29) is 0 Å². The van der Waals surface area contributed by atoms with E-state index in [1.807, 2.05) is 6.92 Å². The number of benzene rings is 1. The molecule has 0 aliphatic carbocycles. The maximum Gasteiger partial charge on any atom is 0.212 e. The van der Waals surface area contributed by atoms with Gasteiger partial charge >= 0.3 is 0 Å². The molecule has 1 aromatic heterocycles. The fourth-order valence-electron chi connectivity index (χ4n) is 1.36. The highest BCUT2D eigenvalue weighted by molar-refractivity contribution is 6.36. The molecular weight excluding hydrogens is 248 g/mol. The maximum atomic E-state index is 12.7. The van der Waals surface area contributed by atoms with Crippen LogP contribution < -0.4 is 0 Å². The number of aromatic nitrogens is 1. The highest BCUT2D eigenvalue weighted by atomic mass is 35.5. The predicted octanol–water partition coefficient (Wildman–Crippen LogP) is 4.50. The molecule has 0 N–H and O–H groups in total. The maximum absolute atomic E-state index is 12.7. The standard InChI is InChI=1S/C12H8Cl2FN/c1-7-10(13)4-9(5-11(7)14)8-2-3-12(15)16-6-8/h2-6H,1H3. The number of nitrogens with zero attached hydrogens (tertiary/aromatic N) is 1. The highest BCUT2D eigenvalue weighted by Crippen LogP contribution is 2.30. The van der Waals surface area contributed by atoms with Crippen molar-refractivity contribution >= 4 is 23.2 Å². The SMILES string of the molecule is Cc1c(Cl)cc(-c2ccc(F)nc2)cc1Cl. The fraction of sp³-hybridized carbons (Fsp3) is 0.0833. The smallest absolute Gasteiger partial charge is 0.212 e. The van der Waals surface area contributed by atoms with Gasteiger partial charge in [-0.3, -0.25) is 0 Å². The van der Waals surface area contributed by atoms with Gasteiger partial charge in [0.15, 0.2) is 0 Å². The molecule has 1 heterocycles. The summed E-state index contributed by atoms with van der Waals surface area (Å²) in [5.74, 6) is -0.506. The monoisotopic (exact) mass is 255 g/mol. The Labute approximate surface area is 103 Å². The van der Waals surface area contributed by atoms with E-state index in [0.717, 1.165) is 16.7 Å². The molecule has 0 saturated heterocycles. The van der Waals surface area contributed by atoms with Crippen molar-refractivity contribution in [3.05, 3.63) is 52.0 Å². The van der Waals surface area contributed by atoms with Gasteiger partial charge in [0.2, 0.25) is 5.95 Å². The molecule has 0 aliphatic rings. The van der Waals surface area contributed by atoms with E-state index in [2.05, 4.69) is 4.98 Å². The normalized spacial score (nSPS) is 10.5. The van der Waals surface area contributed by atoms with Crippen LogP contribution in [0.5, 0.6) is 0 Å². The van der Waals surface area contributed by atoms with Crippen molar-refractivity contribution in [2.24, 2.45) is 0 Å². The Morgan fingerprint density at radius 2 is 1.69 bits per heavy atom. The van der Waals surface area contributed by atoms with Crippen molar-refractivity contribution in [1.82, 2.24) is 4.98 Å². The first kappa shape index (κ1) is 11.4. The average Bonchev–Trinajstić information content (AvgIpc) is 2.26. The summed E-state index contributed by atoms with van der Waals surface area (Å²) in [6.07, 6.45) is 1.45. The zero-order valence-corrected chi connectivity index (χ0v) is 9.98. The molecule has 0 spiro atoms. The lowest BCUT2D eigenvalue weighted by atomic mass is 10.1. The van der Waals surface area contributed by atoms with E-state index < -0.39 is 5.95 Å². The molecule has 0 radical (unpaired) electrons. The minimum Gasteiger partial charge on any atom is -0.228 e. The number of hydrogen-bond donors (Lipinski definition) is 0. The summed E-state index contributed by atoms with van der Waals surface area (Å²) in [5.41, 5.74) is 2.44. The number of pyridine rings is 1. The largest absolute Gasteiger partial charge is 0.228 e. The summed E-state index contributed by atoms with van der Waals surface area (Å²) in [5, 5.41) is 1.18. The molecule has 0 bridgehead atoms. The second-order valence-electron chi connectivity index (χ2n) is 3.43. The molecule has 4 heteroatoms. The quantitative estimate of drug-likeness (QED) is 0.684. The van der Waals surface area contributed by atoms with Crippen LogP contribution in [0.15, 0.2) is 30.5 Å². The summed E-state index contributed by atoms with van der Waals surface area (Å²) in [6, 6.07) is 6.52. The second kappa shape index (κ2) is 4.40. The van der Waals surface area contributed by atoms with Gasteiger partial charge in [-0.05, 0) is 42.3 Å². The van der Waals surface area contributed by atoms with Crippen LogP contribution in [0.4, 0.5) is 4.39 Å². The Hall–Kier alpha value is -1.12. The minimum absolute atomic E-state index is 0.506. The highest BCUT2D eigenvalue weighted by Gasteiger charge is 2.06. The first-order valence-corrected chi connectivity index (χ1v) is 5.41. The Morgan fingerprint density at radius 1 is 1.06 bits per heavy atom. The van der Waals surface area contributed by atoms with E-state index in [1.54, 1.807) is 18.2 Å². The van der Waals surface area contributed by atoms with Crippen molar-refractivity contribution < 1.29 is 4.39 Å². The van der Waals surface area contributed by atoms with E-state index >= 15 is 0 Å². The fourth-order valence-corrected chi connectivity index (χ4v) is 1.85. The molecular formula is C12H8Cl2FN. The topological polar surface area (TPSA) is 12.9 Å². The average molecular weight is 256 g/mol. The van der Waals surface area contributed by atoms with Gasteiger partial charge in [-0.2, -0.15) is 4.39 Å². The van der Waals surface area contributed by atoms with Crippen LogP contribution in [0.2, 0.25) is 10.0 Å². The van der Waals surface area contributed by atoms with Gasteiger partial charge in [-0.1, -0.05) is 23.2 Å². The van der Waals surface area contributed by atoms with Crippen LogP contribution in [-0.4, -0.2) is 4.98 Å². The Bertz CT molecular complexity index is 500. The molecule has 0 saturated carbocycles. The van der Waals surface area contributed by atoms with Gasteiger partial charge in [0, 0.05) is 21.8 Å². The summed E-state index contributed by atoms with van der Waals surface area (Å²) < 4.78 is 12.7. The van der Waals surface area contributed by atoms with Crippen molar-refractivity contribution in [3.63, 3.8) is 0 Å². The van der Waals surface area contributed by atoms with E-state index in [9.17, 15) is 4.39 Å². The van der Waals surface area contributed by atoms with Gasteiger partial charge in [0.1, 0.15) is 0 Å². The Balaban J connectivity index is 2.52. The zero-order chi connectivity index (χ0) is 11.7. The molecule has 0 amide bonds. The summed E-state index contributed by atoms with van der Waals surface area (Å²) in [6.45, 7) is 1.84. The first-order valence-electron chi connectivity index (χ1n) is 4.65. The number of rotatable bonds is 1. The van der Waals surface area contributed by atoms with E-state index in [4.69, 9.17) is 23.2 Å². The molecule has 0 fully saturated rings. The molecule has 2 aromatic rings. The van der Waals surface area contributed by atoms with Gasteiger partial charge in [0.25, 0.3) is 0 Å². The molecule has 2 rings (SSSR count). The minimum atomic E-state index is -0.506. The molecule has 0 unspecified atom stereocenters. The Morgan fingerprint density at radius 3 is 2.19 bits per heavy atom. The number of halogens is 3. The third kappa shape index (κ3) is 2.18. The van der Waals surface area contributed by atoms with Gasteiger partial charge in [-0.15, -0.1) is 0 Å². The summed E-state index contributed by atoms with van der Waals surface area (Å²) in [4.78, 5) is 3.58. The van der Waals surface area contributed by atoms with Crippen molar-refractivity contribution in [2.45, 2.75) is 6.92 Å². The molecule has 0 atom stereocenters. The summed E-state index contributed by atoms with van der Waals surface area (Å²) in [7, 11) is 0. The van der Waals surface area contributed by atoms with Crippen LogP contribution in [0.25, 0.3) is 11.1 Å². The van der Waals surface area contributed by atoms with E-state index in [1.165, 1.54) is 12.3 Å². The van der Waals surface area contributed by atoms with Crippen LogP contribution in [-0.2, 0) is 0 Å². The first-order chi connectivity index (χ1) is 7.58. The molecule has 1 aromatic carbocycles. The lowest BCUT2D eigenvalue weighted by molar-refractivity contribution is 0.584. The second-order valence-corrected chi connectivity index (χ2v) is 4.25. The van der Waals surface area contributed by atoms with Crippen LogP contribution in [0.3, 0.4) is 0 Å². The number of hydrogen-bond acceptors (Lipinski definition) is 1.